The van der Waals surface area contributed by atoms with E-state index in [0.717, 1.165) is 12.0 Å². The van der Waals surface area contributed by atoms with Crippen molar-refractivity contribution < 1.29 is 9.90 Å². The zero-order chi connectivity index (χ0) is 14.6. The standard InChI is InChI=1S/C17H26O2/c1-12(2)10-14-6-8-15(9-7-14)17(5,16(18)19)11-13(3)4/h6-9,12-13H,10-11H2,1-5H3,(H,18,19). The summed E-state index contributed by atoms with van der Waals surface area (Å²) >= 11 is 0. The van der Waals surface area contributed by atoms with Gasteiger partial charge in [0.2, 0.25) is 0 Å². The Bertz CT molecular complexity index is 417. The van der Waals surface area contributed by atoms with Gasteiger partial charge in [-0.05, 0) is 42.7 Å². The minimum Gasteiger partial charge on any atom is -0.481 e. The second-order valence-corrected chi connectivity index (χ2v) is 6.53. The summed E-state index contributed by atoms with van der Waals surface area (Å²) in [6.07, 6.45) is 1.69. The SMILES string of the molecule is CC(C)Cc1ccc(C(C)(CC(C)C)C(=O)O)cc1. The molecule has 0 heterocycles. The van der Waals surface area contributed by atoms with Gasteiger partial charge in [0, 0.05) is 0 Å². The number of aliphatic carboxylic acids is 1. The van der Waals surface area contributed by atoms with Crippen LogP contribution in [0.5, 0.6) is 0 Å². The van der Waals surface area contributed by atoms with Gasteiger partial charge in [0.05, 0.1) is 5.41 Å². The van der Waals surface area contributed by atoms with Crippen molar-refractivity contribution in [2.75, 3.05) is 0 Å². The highest BCUT2D eigenvalue weighted by molar-refractivity contribution is 5.80. The molecule has 0 aromatic heterocycles. The van der Waals surface area contributed by atoms with Crippen molar-refractivity contribution in [3.8, 4) is 0 Å². The number of hydrogen-bond donors (Lipinski definition) is 1. The third kappa shape index (κ3) is 4.09. The second-order valence-electron chi connectivity index (χ2n) is 6.53. The van der Waals surface area contributed by atoms with E-state index in [-0.39, 0.29) is 0 Å². The van der Waals surface area contributed by atoms with Crippen molar-refractivity contribution in [3.05, 3.63) is 35.4 Å². The summed E-state index contributed by atoms with van der Waals surface area (Å²) in [6.45, 7) is 10.3. The van der Waals surface area contributed by atoms with Crippen LogP contribution in [-0.4, -0.2) is 11.1 Å². The van der Waals surface area contributed by atoms with Gasteiger partial charge in [-0.25, -0.2) is 0 Å². The summed E-state index contributed by atoms with van der Waals surface area (Å²) in [4.78, 5) is 11.6. The van der Waals surface area contributed by atoms with Gasteiger partial charge >= 0.3 is 5.97 Å². The lowest BCUT2D eigenvalue weighted by atomic mass is 9.76. The molecule has 2 heteroatoms. The molecular formula is C17H26O2. The van der Waals surface area contributed by atoms with Gasteiger partial charge < -0.3 is 5.11 Å². The van der Waals surface area contributed by atoms with Gasteiger partial charge in [-0.2, -0.15) is 0 Å². The molecule has 1 aromatic carbocycles. The van der Waals surface area contributed by atoms with Crippen molar-refractivity contribution >= 4 is 5.97 Å². The lowest BCUT2D eigenvalue weighted by molar-refractivity contribution is -0.143. The van der Waals surface area contributed by atoms with Crippen LogP contribution in [-0.2, 0) is 16.6 Å². The zero-order valence-electron chi connectivity index (χ0n) is 12.7. The molecule has 19 heavy (non-hydrogen) atoms. The predicted molar refractivity (Wildman–Crippen MR) is 79.4 cm³/mol. The first-order valence-electron chi connectivity index (χ1n) is 7.08. The van der Waals surface area contributed by atoms with Gasteiger partial charge in [-0.3, -0.25) is 4.79 Å². The molecule has 0 saturated carbocycles. The first kappa shape index (κ1) is 15.7. The Morgan fingerprint density at radius 2 is 1.63 bits per heavy atom. The number of carboxylic acids is 1. The molecule has 2 nitrogen and oxygen atoms in total. The lowest BCUT2D eigenvalue weighted by Crippen LogP contribution is -2.33. The smallest absolute Gasteiger partial charge is 0.313 e. The maximum Gasteiger partial charge on any atom is 0.313 e. The van der Waals surface area contributed by atoms with E-state index >= 15 is 0 Å². The highest BCUT2D eigenvalue weighted by Gasteiger charge is 2.35. The van der Waals surface area contributed by atoms with E-state index in [1.165, 1.54) is 5.56 Å². The van der Waals surface area contributed by atoms with Crippen LogP contribution in [0.3, 0.4) is 0 Å². The van der Waals surface area contributed by atoms with Crippen molar-refractivity contribution in [3.63, 3.8) is 0 Å². The molecular weight excluding hydrogens is 236 g/mol. The van der Waals surface area contributed by atoms with Crippen LogP contribution in [0.4, 0.5) is 0 Å². The normalized spacial score (nSPS) is 14.7. The van der Waals surface area contributed by atoms with Crippen molar-refractivity contribution in [1.29, 1.82) is 0 Å². The molecule has 0 bridgehead atoms. The fraction of sp³-hybridized carbons (Fsp3) is 0.588. The van der Waals surface area contributed by atoms with E-state index < -0.39 is 11.4 Å². The Balaban J connectivity index is 3.01. The topological polar surface area (TPSA) is 37.3 Å². The largest absolute Gasteiger partial charge is 0.481 e. The minimum atomic E-state index is -0.787. The Labute approximate surface area is 116 Å². The molecule has 0 aliphatic heterocycles. The third-order valence-electron chi connectivity index (χ3n) is 3.52. The minimum absolute atomic E-state index is 0.358. The van der Waals surface area contributed by atoms with Gasteiger partial charge in [0.1, 0.15) is 0 Å². The number of carbonyl (C=O) groups is 1. The summed E-state index contributed by atoms with van der Waals surface area (Å²) in [6, 6.07) is 8.09. The highest BCUT2D eigenvalue weighted by Crippen LogP contribution is 2.31. The summed E-state index contributed by atoms with van der Waals surface area (Å²) < 4.78 is 0. The van der Waals surface area contributed by atoms with Crippen LogP contribution in [0.25, 0.3) is 0 Å². The monoisotopic (exact) mass is 262 g/mol. The Morgan fingerprint density at radius 3 is 2.00 bits per heavy atom. The summed E-state index contributed by atoms with van der Waals surface area (Å²) in [5, 5.41) is 9.55. The first-order valence-corrected chi connectivity index (χ1v) is 7.08. The summed E-state index contributed by atoms with van der Waals surface area (Å²) in [5.74, 6) is 0.238. The molecule has 1 N–H and O–H groups in total. The van der Waals surface area contributed by atoms with E-state index in [2.05, 4.69) is 39.8 Å². The summed E-state index contributed by atoms with van der Waals surface area (Å²) in [5.41, 5.74) is 1.39. The first-order chi connectivity index (χ1) is 8.75. The van der Waals surface area contributed by atoms with Crippen LogP contribution in [0.1, 0.15) is 52.2 Å². The van der Waals surface area contributed by atoms with Crippen molar-refractivity contribution in [2.24, 2.45) is 11.8 Å². The fourth-order valence-electron chi connectivity index (χ4n) is 2.63. The van der Waals surface area contributed by atoms with Crippen molar-refractivity contribution in [2.45, 2.75) is 52.9 Å². The van der Waals surface area contributed by atoms with E-state index in [1.807, 2.05) is 19.1 Å². The van der Waals surface area contributed by atoms with Gasteiger partial charge in [0.15, 0.2) is 0 Å². The molecule has 1 atom stereocenters. The number of benzene rings is 1. The maximum atomic E-state index is 11.6. The van der Waals surface area contributed by atoms with Crippen molar-refractivity contribution in [1.82, 2.24) is 0 Å². The van der Waals surface area contributed by atoms with Crippen LogP contribution in [0, 0.1) is 11.8 Å². The molecule has 1 aromatic rings. The third-order valence-corrected chi connectivity index (χ3v) is 3.52. The van der Waals surface area contributed by atoms with E-state index in [1.54, 1.807) is 0 Å². The second kappa shape index (κ2) is 6.23. The Kier molecular flexibility index (Phi) is 5.16. The van der Waals surface area contributed by atoms with Crippen LogP contribution in [0.15, 0.2) is 24.3 Å². The van der Waals surface area contributed by atoms with Crippen LogP contribution in [0.2, 0.25) is 0 Å². The van der Waals surface area contributed by atoms with Gasteiger partial charge in [0.25, 0.3) is 0 Å². The van der Waals surface area contributed by atoms with E-state index in [0.29, 0.717) is 18.3 Å². The number of rotatable bonds is 6. The molecule has 0 saturated heterocycles. The molecule has 1 rings (SSSR count). The predicted octanol–water partition coefficient (Wildman–Crippen LogP) is 4.27. The Morgan fingerprint density at radius 1 is 1.11 bits per heavy atom. The molecule has 1 unspecified atom stereocenters. The average molecular weight is 262 g/mol. The Hall–Kier alpha value is -1.31. The lowest BCUT2D eigenvalue weighted by Gasteiger charge is -2.27. The fourth-order valence-corrected chi connectivity index (χ4v) is 2.63. The molecule has 106 valence electrons. The maximum absolute atomic E-state index is 11.6. The zero-order valence-corrected chi connectivity index (χ0v) is 12.7. The van der Waals surface area contributed by atoms with E-state index in [9.17, 15) is 9.90 Å². The molecule has 0 amide bonds. The molecule has 0 fully saturated rings. The van der Waals surface area contributed by atoms with Gasteiger partial charge in [-0.15, -0.1) is 0 Å². The van der Waals surface area contributed by atoms with E-state index in [4.69, 9.17) is 0 Å². The molecule has 0 radical (unpaired) electrons. The average Bonchev–Trinajstić information content (AvgIpc) is 2.27. The van der Waals surface area contributed by atoms with Crippen LogP contribution >= 0.6 is 0 Å². The summed E-state index contributed by atoms with van der Waals surface area (Å²) in [7, 11) is 0. The quantitative estimate of drug-likeness (QED) is 0.831. The number of carboxylic acid groups (broad SMARTS) is 1. The van der Waals surface area contributed by atoms with Crippen LogP contribution < -0.4 is 0 Å². The van der Waals surface area contributed by atoms with Gasteiger partial charge in [-0.1, -0.05) is 52.0 Å². The molecule has 0 aliphatic rings. The molecule has 0 aliphatic carbocycles. The number of hydrogen-bond acceptors (Lipinski definition) is 1. The highest BCUT2D eigenvalue weighted by atomic mass is 16.4. The molecule has 0 spiro atoms.